The number of nitrogens with zero attached hydrogens (tertiary/aromatic N) is 1. The molecule has 0 radical (unpaired) electrons. The van der Waals surface area contributed by atoms with Crippen molar-refractivity contribution in [2.45, 2.75) is 26.2 Å². The van der Waals surface area contributed by atoms with E-state index in [1.165, 1.54) is 33.0 Å². The molecule has 0 atom stereocenters. The van der Waals surface area contributed by atoms with E-state index in [2.05, 4.69) is 67.0 Å². The molecule has 0 N–H and O–H groups in total. The Morgan fingerprint density at radius 1 is 0.864 bits per heavy atom. The van der Waals surface area contributed by atoms with Crippen LogP contribution in [0.3, 0.4) is 0 Å². The van der Waals surface area contributed by atoms with Gasteiger partial charge in [-0.3, -0.25) is 4.98 Å². The summed E-state index contributed by atoms with van der Waals surface area (Å²) in [5, 5.41) is 2.73. The van der Waals surface area contributed by atoms with E-state index in [1.807, 2.05) is 12.4 Å². The van der Waals surface area contributed by atoms with E-state index >= 15 is 0 Å². The smallest absolute Gasteiger partial charge is 0.0270 e. The van der Waals surface area contributed by atoms with E-state index in [-0.39, 0.29) is 0 Å². The number of rotatable bonds is 5. The first-order valence-electron chi connectivity index (χ1n) is 7.77. The van der Waals surface area contributed by atoms with Gasteiger partial charge in [0.15, 0.2) is 0 Å². The van der Waals surface area contributed by atoms with Crippen molar-refractivity contribution in [3.63, 3.8) is 0 Å². The van der Waals surface area contributed by atoms with Crippen LogP contribution in [0.25, 0.3) is 10.8 Å². The zero-order valence-corrected chi connectivity index (χ0v) is 13.0. The fraction of sp³-hybridized carbons (Fsp3) is 0.190. The zero-order chi connectivity index (χ0) is 15.4. The average Bonchev–Trinajstić information content (AvgIpc) is 2.55. The third kappa shape index (κ3) is 3.25. The van der Waals surface area contributed by atoms with Crippen LogP contribution in [0.2, 0.25) is 0 Å². The summed E-state index contributed by atoms with van der Waals surface area (Å²) in [6, 6.07) is 17.4. The quantitative estimate of drug-likeness (QED) is 0.592. The number of fused-ring (bicyclic) bond motifs is 1. The number of benzene rings is 2. The Kier molecular flexibility index (Phi) is 4.34. The van der Waals surface area contributed by atoms with E-state index in [4.69, 9.17) is 0 Å². The first kappa shape index (κ1) is 14.5. The molecule has 1 heterocycles. The topological polar surface area (TPSA) is 12.9 Å². The highest BCUT2D eigenvalue weighted by Gasteiger charge is 2.06. The normalized spacial score (nSPS) is 10.8. The number of aromatic nitrogens is 1. The predicted octanol–water partition coefficient (Wildman–Crippen LogP) is 5.14. The molecule has 0 amide bonds. The minimum absolute atomic E-state index is 0.950. The van der Waals surface area contributed by atoms with Crippen molar-refractivity contribution in [3.8, 4) is 0 Å². The monoisotopic (exact) mass is 287 g/mol. The van der Waals surface area contributed by atoms with Gasteiger partial charge in [-0.25, -0.2) is 0 Å². The predicted molar refractivity (Wildman–Crippen MR) is 94.1 cm³/mol. The third-order valence-electron chi connectivity index (χ3n) is 4.03. The summed E-state index contributed by atoms with van der Waals surface area (Å²) < 4.78 is 0. The minimum Gasteiger partial charge on any atom is -0.265 e. The lowest BCUT2D eigenvalue weighted by Gasteiger charge is -2.11. The van der Waals surface area contributed by atoms with Gasteiger partial charge in [-0.1, -0.05) is 48.6 Å². The van der Waals surface area contributed by atoms with Gasteiger partial charge >= 0.3 is 0 Å². The average molecular weight is 287 g/mol. The van der Waals surface area contributed by atoms with Gasteiger partial charge in [-0.15, -0.1) is 0 Å². The van der Waals surface area contributed by atoms with E-state index in [1.54, 1.807) is 0 Å². The van der Waals surface area contributed by atoms with Gasteiger partial charge in [-0.2, -0.15) is 0 Å². The molecule has 0 spiro atoms. The Hall–Kier alpha value is -2.41. The molecule has 0 fully saturated rings. The van der Waals surface area contributed by atoms with Crippen molar-refractivity contribution in [3.05, 3.63) is 89.8 Å². The second-order valence-electron chi connectivity index (χ2n) is 5.92. The summed E-state index contributed by atoms with van der Waals surface area (Å²) in [5.41, 5.74) is 5.33. The Labute approximate surface area is 132 Å². The van der Waals surface area contributed by atoms with Crippen molar-refractivity contribution in [1.82, 2.24) is 4.98 Å². The molecule has 0 bridgehead atoms. The van der Waals surface area contributed by atoms with Gasteiger partial charge in [0.05, 0.1) is 0 Å². The summed E-state index contributed by atoms with van der Waals surface area (Å²) in [6.07, 6.45) is 6.78. The second kappa shape index (κ2) is 6.57. The summed E-state index contributed by atoms with van der Waals surface area (Å²) >= 11 is 0. The van der Waals surface area contributed by atoms with Crippen molar-refractivity contribution in [2.24, 2.45) is 0 Å². The number of aryl methyl sites for hydroxylation is 2. The number of hydrogen-bond acceptors (Lipinski definition) is 1. The number of allylic oxidation sites excluding steroid dienone is 1. The van der Waals surface area contributed by atoms with Gasteiger partial charge in [0, 0.05) is 12.4 Å². The van der Waals surface area contributed by atoms with Crippen LogP contribution in [0, 0.1) is 0 Å². The maximum Gasteiger partial charge on any atom is 0.0270 e. The molecule has 0 aliphatic carbocycles. The Morgan fingerprint density at radius 3 is 2.18 bits per heavy atom. The second-order valence-corrected chi connectivity index (χ2v) is 5.92. The molecule has 3 rings (SSSR count). The van der Waals surface area contributed by atoms with Crippen LogP contribution in [-0.4, -0.2) is 4.98 Å². The molecule has 110 valence electrons. The molecule has 0 aliphatic heterocycles. The molecule has 1 aromatic heterocycles. The SMILES string of the molecule is C=C(C)Cc1ccc(CCc2ccncc2)c2ccccc12. The van der Waals surface area contributed by atoms with Crippen molar-refractivity contribution in [1.29, 1.82) is 0 Å². The lowest BCUT2D eigenvalue weighted by molar-refractivity contribution is 0.962. The molecule has 0 aliphatic rings. The Balaban J connectivity index is 1.92. The van der Waals surface area contributed by atoms with Gasteiger partial charge in [0.2, 0.25) is 0 Å². The highest BCUT2D eigenvalue weighted by Crippen LogP contribution is 2.25. The maximum absolute atomic E-state index is 4.08. The molecule has 22 heavy (non-hydrogen) atoms. The van der Waals surface area contributed by atoms with Crippen LogP contribution in [-0.2, 0) is 19.3 Å². The van der Waals surface area contributed by atoms with Crippen molar-refractivity contribution >= 4 is 10.8 Å². The first-order valence-corrected chi connectivity index (χ1v) is 7.77. The summed E-state index contributed by atoms with van der Waals surface area (Å²) in [4.78, 5) is 4.08. The van der Waals surface area contributed by atoms with E-state index in [9.17, 15) is 0 Å². The molecule has 0 saturated carbocycles. The van der Waals surface area contributed by atoms with Crippen molar-refractivity contribution in [2.75, 3.05) is 0 Å². The Morgan fingerprint density at radius 2 is 1.50 bits per heavy atom. The molecule has 0 unspecified atom stereocenters. The standard InChI is InChI=1S/C21H21N/c1-16(2)15-19-10-9-18(20-5-3-4-6-21(19)20)8-7-17-11-13-22-14-12-17/h3-6,9-14H,1,7-8,15H2,2H3. The van der Waals surface area contributed by atoms with E-state index in [0.29, 0.717) is 0 Å². The van der Waals surface area contributed by atoms with Crippen LogP contribution < -0.4 is 0 Å². The molecule has 0 saturated heterocycles. The molecule has 1 heteroatoms. The van der Waals surface area contributed by atoms with Gasteiger partial charge < -0.3 is 0 Å². The number of hydrogen-bond donors (Lipinski definition) is 0. The largest absolute Gasteiger partial charge is 0.265 e. The highest BCUT2D eigenvalue weighted by molar-refractivity contribution is 5.89. The van der Waals surface area contributed by atoms with Crippen LogP contribution in [0.1, 0.15) is 23.6 Å². The van der Waals surface area contributed by atoms with E-state index < -0.39 is 0 Å². The van der Waals surface area contributed by atoms with Crippen LogP contribution in [0.5, 0.6) is 0 Å². The molecule has 3 aromatic rings. The van der Waals surface area contributed by atoms with Gasteiger partial charge in [-0.05, 0) is 65.8 Å². The Bertz CT molecular complexity index is 787. The van der Waals surface area contributed by atoms with E-state index in [0.717, 1.165) is 19.3 Å². The zero-order valence-electron chi connectivity index (χ0n) is 13.0. The van der Waals surface area contributed by atoms with Crippen LogP contribution >= 0.6 is 0 Å². The molecule has 1 nitrogen and oxygen atoms in total. The molecule has 2 aromatic carbocycles. The van der Waals surface area contributed by atoms with Gasteiger partial charge in [0.1, 0.15) is 0 Å². The summed E-state index contributed by atoms with van der Waals surface area (Å²) in [6.45, 7) is 6.14. The summed E-state index contributed by atoms with van der Waals surface area (Å²) in [7, 11) is 0. The number of pyridine rings is 1. The highest BCUT2D eigenvalue weighted by atomic mass is 14.6. The van der Waals surface area contributed by atoms with Crippen LogP contribution in [0.4, 0.5) is 0 Å². The van der Waals surface area contributed by atoms with Crippen LogP contribution in [0.15, 0.2) is 73.1 Å². The molecular weight excluding hydrogens is 266 g/mol. The minimum atomic E-state index is 0.950. The van der Waals surface area contributed by atoms with Crippen molar-refractivity contribution < 1.29 is 0 Å². The third-order valence-corrected chi connectivity index (χ3v) is 4.03. The fourth-order valence-corrected chi connectivity index (χ4v) is 2.95. The lowest BCUT2D eigenvalue weighted by atomic mass is 9.93. The molecular formula is C21H21N. The summed E-state index contributed by atoms with van der Waals surface area (Å²) in [5.74, 6) is 0. The lowest BCUT2D eigenvalue weighted by Crippen LogP contribution is -1.96. The van der Waals surface area contributed by atoms with Gasteiger partial charge in [0.25, 0.3) is 0 Å². The first-order chi connectivity index (χ1) is 10.7. The fourth-order valence-electron chi connectivity index (χ4n) is 2.95. The maximum atomic E-state index is 4.08.